The summed E-state index contributed by atoms with van der Waals surface area (Å²) in [6.07, 6.45) is 2.34. The summed E-state index contributed by atoms with van der Waals surface area (Å²) < 4.78 is 11.8. The van der Waals surface area contributed by atoms with Crippen molar-refractivity contribution < 1.29 is 33.8 Å². The molecule has 2 aliphatic carbocycles. The Morgan fingerprint density at radius 1 is 0.827 bits per heavy atom. The molecule has 6 atom stereocenters. The number of aromatic hydroxyl groups is 1. The zero-order chi connectivity index (χ0) is 36.5. The zero-order valence-electron chi connectivity index (χ0n) is 28.7. The lowest BCUT2D eigenvalue weighted by Crippen LogP contribution is -2.53. The third-order valence-electron chi connectivity index (χ3n) is 11.3. The first-order valence-corrected chi connectivity index (χ1v) is 17.5. The van der Waals surface area contributed by atoms with E-state index in [1.807, 2.05) is 55.5 Å². The molecule has 8 rings (SSSR count). The van der Waals surface area contributed by atoms with E-state index in [4.69, 9.17) is 21.1 Å². The van der Waals surface area contributed by atoms with Crippen LogP contribution in [0.3, 0.4) is 0 Å². The van der Waals surface area contributed by atoms with Crippen molar-refractivity contribution in [3.8, 4) is 17.2 Å². The Hall–Kier alpha value is -5.61. The third kappa shape index (κ3) is 4.84. The maximum Gasteiger partial charge on any atom is 0.260 e. The van der Waals surface area contributed by atoms with Gasteiger partial charge < -0.3 is 14.6 Å². The van der Waals surface area contributed by atoms with Gasteiger partial charge in [-0.25, -0.2) is 0 Å². The largest absolute Gasteiger partial charge is 0.508 e. The number of carbonyl (C=O) groups excluding carboxylic acids is 4. The summed E-state index contributed by atoms with van der Waals surface area (Å²) in [6, 6.07) is 26.1. The molecule has 10 nitrogen and oxygen atoms in total. The molecule has 4 amide bonds. The molecule has 4 aromatic carbocycles. The van der Waals surface area contributed by atoms with Crippen LogP contribution >= 0.6 is 11.6 Å². The Kier molecular flexibility index (Phi) is 8.10. The van der Waals surface area contributed by atoms with Crippen molar-refractivity contribution in [2.45, 2.75) is 31.1 Å². The van der Waals surface area contributed by atoms with Crippen molar-refractivity contribution in [2.24, 2.45) is 23.7 Å². The van der Waals surface area contributed by atoms with E-state index in [1.54, 1.807) is 36.4 Å². The normalized spacial score (nSPS) is 26.5. The number of hydrogen-bond acceptors (Lipinski definition) is 8. The van der Waals surface area contributed by atoms with Gasteiger partial charge in [0, 0.05) is 28.6 Å². The molecule has 264 valence electrons. The molecule has 0 bridgehead atoms. The van der Waals surface area contributed by atoms with Gasteiger partial charge in [0.15, 0.2) is 0 Å². The summed E-state index contributed by atoms with van der Waals surface area (Å²) in [7, 11) is 2.93. The van der Waals surface area contributed by atoms with Crippen LogP contribution in [0.4, 0.5) is 11.4 Å². The highest BCUT2D eigenvalue weighted by atomic mass is 35.5. The van der Waals surface area contributed by atoms with E-state index in [2.05, 4.69) is 5.43 Å². The van der Waals surface area contributed by atoms with Gasteiger partial charge in [-0.05, 0) is 67.6 Å². The molecule has 2 N–H and O–H groups in total. The monoisotopic (exact) mass is 717 g/mol. The Bertz CT molecular complexity index is 2130. The summed E-state index contributed by atoms with van der Waals surface area (Å²) in [6.45, 7) is 1.95. The van der Waals surface area contributed by atoms with Gasteiger partial charge in [0.05, 0.1) is 48.8 Å². The average molecular weight is 718 g/mol. The first kappa shape index (κ1) is 33.5. The Balaban J connectivity index is 1.36. The average Bonchev–Trinajstić information content (AvgIpc) is 3.53. The third-order valence-corrected chi connectivity index (χ3v) is 11.5. The number of fused-ring (bicyclic) bond motifs is 4. The highest BCUT2D eigenvalue weighted by Gasteiger charge is 2.71. The van der Waals surface area contributed by atoms with Crippen LogP contribution in [0.5, 0.6) is 17.2 Å². The molecule has 2 saturated heterocycles. The van der Waals surface area contributed by atoms with E-state index < -0.39 is 46.8 Å². The molecule has 1 saturated carbocycles. The number of nitrogens with one attached hydrogen (secondary N) is 1. The highest BCUT2D eigenvalue weighted by Crippen LogP contribution is 2.66. The molecule has 2 heterocycles. The number of aryl methyl sites for hydroxylation is 1. The number of methoxy groups -OCH3 is 2. The molecule has 3 fully saturated rings. The highest BCUT2D eigenvalue weighted by molar-refractivity contribution is 6.31. The predicted octanol–water partition coefficient (Wildman–Crippen LogP) is 6.56. The summed E-state index contributed by atoms with van der Waals surface area (Å²) in [5.41, 5.74) is 5.35. The fourth-order valence-electron chi connectivity index (χ4n) is 9.12. The number of imide groups is 2. The van der Waals surface area contributed by atoms with Gasteiger partial charge in [0.2, 0.25) is 11.8 Å². The van der Waals surface area contributed by atoms with E-state index in [0.29, 0.717) is 27.5 Å². The first-order valence-electron chi connectivity index (χ1n) is 17.2. The number of halogens is 1. The lowest BCUT2D eigenvalue weighted by Gasteiger charge is -2.51. The summed E-state index contributed by atoms with van der Waals surface area (Å²) in [5.74, 6) is -5.16. The molecule has 0 radical (unpaired) electrons. The van der Waals surface area contributed by atoms with Crippen LogP contribution in [-0.2, 0) is 24.6 Å². The smallest absolute Gasteiger partial charge is 0.260 e. The van der Waals surface area contributed by atoms with Gasteiger partial charge in [-0.2, -0.15) is 5.01 Å². The fraction of sp³-hybridized carbons (Fsp3) is 0.268. The minimum Gasteiger partial charge on any atom is -0.508 e. The molecule has 4 aliphatic rings. The number of ether oxygens (including phenoxy) is 2. The van der Waals surface area contributed by atoms with Gasteiger partial charge in [-0.15, -0.1) is 0 Å². The van der Waals surface area contributed by atoms with Crippen molar-refractivity contribution in [3.63, 3.8) is 0 Å². The molecule has 0 aromatic heterocycles. The molecule has 11 heteroatoms. The number of phenolic OH excluding ortho intramolecular Hbond substituents is 1. The topological polar surface area (TPSA) is 125 Å². The number of amides is 4. The second-order valence-electron chi connectivity index (χ2n) is 13.8. The number of benzene rings is 4. The van der Waals surface area contributed by atoms with Gasteiger partial charge in [0.1, 0.15) is 17.2 Å². The number of hydrazine groups is 1. The van der Waals surface area contributed by atoms with E-state index in [1.165, 1.54) is 31.3 Å². The van der Waals surface area contributed by atoms with Crippen molar-refractivity contribution >= 4 is 46.6 Å². The number of nitrogens with zero attached hydrogens (tertiary/aromatic N) is 2. The molecular weight excluding hydrogens is 682 g/mol. The van der Waals surface area contributed by atoms with Crippen LogP contribution in [0, 0.1) is 30.6 Å². The Morgan fingerprint density at radius 3 is 2.12 bits per heavy atom. The minimum atomic E-state index is -1.54. The maximum atomic E-state index is 15.4. The molecule has 6 unspecified atom stereocenters. The SMILES string of the molecule is COc1cc(O)cc(OC)c1C1C2=CCC3C(=O)N(c4ccc(Cl)cc4)C(=O)C3C2CC2C(=O)N(Nc3ccc(C)cc3)C(=O)C21c1ccccc1. The van der Waals surface area contributed by atoms with Crippen molar-refractivity contribution in [1.82, 2.24) is 5.01 Å². The number of allylic oxidation sites excluding steroid dienone is 2. The van der Waals surface area contributed by atoms with Crippen molar-refractivity contribution in [3.05, 3.63) is 124 Å². The number of hydrogen-bond donors (Lipinski definition) is 2. The number of carbonyl (C=O) groups is 4. The van der Waals surface area contributed by atoms with E-state index in [0.717, 1.165) is 16.1 Å². The predicted molar refractivity (Wildman–Crippen MR) is 194 cm³/mol. The minimum absolute atomic E-state index is 0.112. The van der Waals surface area contributed by atoms with Gasteiger partial charge in [-0.1, -0.05) is 71.3 Å². The Morgan fingerprint density at radius 2 is 1.48 bits per heavy atom. The van der Waals surface area contributed by atoms with Crippen LogP contribution in [0.2, 0.25) is 5.02 Å². The first-order chi connectivity index (χ1) is 25.1. The van der Waals surface area contributed by atoms with E-state index in [9.17, 15) is 19.5 Å². The van der Waals surface area contributed by atoms with Crippen LogP contribution in [0.15, 0.2) is 103 Å². The summed E-state index contributed by atoms with van der Waals surface area (Å²) in [4.78, 5) is 60.1. The summed E-state index contributed by atoms with van der Waals surface area (Å²) in [5, 5.41) is 12.3. The molecular formula is C41H36ClN3O7. The van der Waals surface area contributed by atoms with E-state index >= 15 is 4.79 Å². The number of rotatable bonds is 7. The Labute approximate surface area is 305 Å². The van der Waals surface area contributed by atoms with Crippen molar-refractivity contribution in [2.75, 3.05) is 24.5 Å². The lowest BCUT2D eigenvalue weighted by atomic mass is 9.49. The fourth-order valence-corrected chi connectivity index (χ4v) is 9.24. The molecule has 4 aromatic rings. The summed E-state index contributed by atoms with van der Waals surface area (Å²) >= 11 is 6.15. The standard InChI is InChI=1S/C41H36ClN3O7/c1-22-9-13-25(14-10-22)43-45-38(48)31-21-30-28(17-18-29-34(30)39(49)44(37(29)47)26-15-11-24(42)12-16-26)36(35-32(51-2)19-27(46)20-33(35)52-3)41(31,40(45)50)23-7-5-4-6-8-23/h4-17,19-20,29-31,34,36,43,46H,18,21H2,1-3H3. The molecule has 2 aliphatic heterocycles. The lowest BCUT2D eigenvalue weighted by molar-refractivity contribution is -0.138. The second kappa shape index (κ2) is 12.6. The maximum absolute atomic E-state index is 15.4. The van der Waals surface area contributed by atoms with E-state index in [-0.39, 0.29) is 41.9 Å². The van der Waals surface area contributed by atoms with Gasteiger partial charge in [0.25, 0.3) is 11.8 Å². The van der Waals surface area contributed by atoms with Crippen LogP contribution in [-0.4, -0.2) is 48.0 Å². The molecule has 52 heavy (non-hydrogen) atoms. The zero-order valence-corrected chi connectivity index (χ0v) is 29.5. The number of phenols is 1. The molecule has 0 spiro atoms. The van der Waals surface area contributed by atoms with Crippen molar-refractivity contribution in [1.29, 1.82) is 0 Å². The number of anilines is 2. The van der Waals surface area contributed by atoms with Gasteiger partial charge >= 0.3 is 0 Å². The quantitative estimate of drug-likeness (QED) is 0.163. The van der Waals surface area contributed by atoms with Crippen LogP contribution in [0.25, 0.3) is 0 Å². The van der Waals surface area contributed by atoms with Crippen LogP contribution < -0.4 is 19.8 Å². The van der Waals surface area contributed by atoms with Gasteiger partial charge in [-0.3, -0.25) is 29.5 Å². The second-order valence-corrected chi connectivity index (χ2v) is 14.3. The van der Waals surface area contributed by atoms with Crippen LogP contribution in [0.1, 0.15) is 35.4 Å².